The van der Waals surface area contributed by atoms with Crippen molar-refractivity contribution in [2.75, 3.05) is 18.4 Å². The van der Waals surface area contributed by atoms with Crippen molar-refractivity contribution in [3.8, 4) is 0 Å². The summed E-state index contributed by atoms with van der Waals surface area (Å²) < 4.78 is 26.8. The molecule has 0 aliphatic carbocycles. The minimum absolute atomic E-state index is 0.0425. The van der Waals surface area contributed by atoms with Crippen LogP contribution in [0.15, 0.2) is 48.5 Å². The van der Waals surface area contributed by atoms with Gasteiger partial charge in [-0.05, 0) is 49.1 Å². The van der Waals surface area contributed by atoms with Gasteiger partial charge in [-0.1, -0.05) is 41.9 Å². The van der Waals surface area contributed by atoms with Crippen LogP contribution >= 0.6 is 11.6 Å². The number of halogens is 1. The Labute approximate surface area is 165 Å². The summed E-state index contributed by atoms with van der Waals surface area (Å²) in [6, 6.07) is 14.5. The number of nitrogens with one attached hydrogen (secondary N) is 1. The lowest BCUT2D eigenvalue weighted by Gasteiger charge is -2.30. The molecule has 0 saturated carbocycles. The van der Waals surface area contributed by atoms with Crippen molar-refractivity contribution in [3.63, 3.8) is 0 Å². The second kappa shape index (κ2) is 8.42. The van der Waals surface area contributed by atoms with Crippen LogP contribution < -0.4 is 5.32 Å². The number of carbonyl (C=O) groups excluding carboxylic acids is 1. The molecule has 27 heavy (non-hydrogen) atoms. The predicted molar refractivity (Wildman–Crippen MR) is 108 cm³/mol. The first-order valence-corrected chi connectivity index (χ1v) is 10.9. The summed E-state index contributed by atoms with van der Waals surface area (Å²) in [5, 5.41) is 3.54. The van der Waals surface area contributed by atoms with Crippen LogP contribution in [-0.4, -0.2) is 31.7 Å². The Morgan fingerprint density at radius 3 is 2.37 bits per heavy atom. The molecule has 1 N–H and O–H groups in total. The molecule has 1 amide bonds. The van der Waals surface area contributed by atoms with E-state index in [0.29, 0.717) is 36.5 Å². The van der Waals surface area contributed by atoms with E-state index in [1.807, 2.05) is 31.2 Å². The lowest BCUT2D eigenvalue weighted by Crippen LogP contribution is -2.41. The Kier molecular flexibility index (Phi) is 6.19. The molecule has 144 valence electrons. The summed E-state index contributed by atoms with van der Waals surface area (Å²) >= 11 is 5.85. The van der Waals surface area contributed by atoms with E-state index in [1.54, 1.807) is 24.3 Å². The number of benzene rings is 2. The standard InChI is InChI=1S/C20H23ClN2O3S/c1-15-4-2-3-5-19(15)22-20(24)17-10-12-23(13-11-17)27(25,26)14-16-6-8-18(21)9-7-16/h2-9,17H,10-14H2,1H3,(H,22,24). The highest BCUT2D eigenvalue weighted by Crippen LogP contribution is 2.24. The summed E-state index contributed by atoms with van der Waals surface area (Å²) in [5.41, 5.74) is 2.52. The minimum Gasteiger partial charge on any atom is -0.326 e. The average Bonchev–Trinajstić information content (AvgIpc) is 2.65. The van der Waals surface area contributed by atoms with E-state index in [9.17, 15) is 13.2 Å². The third-order valence-electron chi connectivity index (χ3n) is 4.88. The number of anilines is 1. The van der Waals surface area contributed by atoms with Crippen molar-refractivity contribution in [1.29, 1.82) is 0 Å². The molecule has 0 radical (unpaired) electrons. The van der Waals surface area contributed by atoms with Gasteiger partial charge < -0.3 is 5.32 Å². The number of para-hydroxylation sites is 1. The molecule has 2 aromatic carbocycles. The molecular weight excluding hydrogens is 384 g/mol. The van der Waals surface area contributed by atoms with Crippen molar-refractivity contribution in [2.45, 2.75) is 25.5 Å². The number of nitrogens with zero attached hydrogens (tertiary/aromatic N) is 1. The SMILES string of the molecule is Cc1ccccc1NC(=O)C1CCN(S(=O)(=O)Cc2ccc(Cl)cc2)CC1. The van der Waals surface area contributed by atoms with Gasteiger partial charge >= 0.3 is 0 Å². The van der Waals surface area contributed by atoms with Crippen LogP contribution in [0.2, 0.25) is 5.02 Å². The number of carbonyl (C=O) groups is 1. The molecule has 5 nitrogen and oxygen atoms in total. The third-order valence-corrected chi connectivity index (χ3v) is 6.99. The van der Waals surface area contributed by atoms with E-state index in [4.69, 9.17) is 11.6 Å². The molecular formula is C20H23ClN2O3S. The molecule has 1 fully saturated rings. The predicted octanol–water partition coefficient (Wildman–Crippen LogP) is 3.83. The van der Waals surface area contributed by atoms with Gasteiger partial charge in [0.15, 0.2) is 0 Å². The fourth-order valence-electron chi connectivity index (χ4n) is 3.23. The highest BCUT2D eigenvalue weighted by molar-refractivity contribution is 7.88. The molecule has 1 aliphatic heterocycles. The van der Waals surface area contributed by atoms with Gasteiger partial charge in [-0.3, -0.25) is 4.79 Å². The molecule has 3 rings (SSSR count). The second-order valence-electron chi connectivity index (χ2n) is 6.86. The van der Waals surface area contributed by atoms with Crippen molar-refractivity contribution in [2.24, 2.45) is 5.92 Å². The Bertz CT molecular complexity index is 905. The first-order chi connectivity index (χ1) is 12.8. The minimum atomic E-state index is -3.41. The maximum atomic E-state index is 12.6. The third kappa shape index (κ3) is 5.09. The molecule has 0 spiro atoms. The normalized spacial score (nSPS) is 16.2. The quantitative estimate of drug-likeness (QED) is 0.820. The molecule has 0 unspecified atom stereocenters. The number of piperidine rings is 1. The van der Waals surface area contributed by atoms with E-state index >= 15 is 0 Å². The van der Waals surface area contributed by atoms with Gasteiger partial charge in [-0.2, -0.15) is 0 Å². The average molecular weight is 407 g/mol. The maximum Gasteiger partial charge on any atom is 0.227 e. The summed E-state index contributed by atoms with van der Waals surface area (Å²) in [6.07, 6.45) is 1.05. The van der Waals surface area contributed by atoms with Gasteiger partial charge in [0.05, 0.1) is 5.75 Å². The fraction of sp³-hybridized carbons (Fsp3) is 0.350. The van der Waals surface area contributed by atoms with E-state index in [0.717, 1.165) is 11.3 Å². The zero-order valence-corrected chi connectivity index (χ0v) is 16.8. The number of rotatable bonds is 5. The van der Waals surface area contributed by atoms with E-state index < -0.39 is 10.0 Å². The smallest absolute Gasteiger partial charge is 0.227 e. The molecule has 0 bridgehead atoms. The van der Waals surface area contributed by atoms with Crippen LogP contribution in [0.1, 0.15) is 24.0 Å². The summed E-state index contributed by atoms with van der Waals surface area (Å²) in [7, 11) is -3.41. The van der Waals surface area contributed by atoms with Crippen LogP contribution in [0, 0.1) is 12.8 Å². The molecule has 0 atom stereocenters. The Morgan fingerprint density at radius 2 is 1.74 bits per heavy atom. The van der Waals surface area contributed by atoms with Crippen molar-refractivity contribution < 1.29 is 13.2 Å². The molecule has 1 aliphatic rings. The first kappa shape index (κ1) is 19.9. The van der Waals surface area contributed by atoms with E-state index in [1.165, 1.54) is 4.31 Å². The number of amides is 1. The molecule has 1 heterocycles. The molecule has 7 heteroatoms. The van der Waals surface area contributed by atoms with Crippen LogP contribution in [-0.2, 0) is 20.6 Å². The Morgan fingerprint density at radius 1 is 1.11 bits per heavy atom. The lowest BCUT2D eigenvalue weighted by atomic mass is 9.97. The van der Waals surface area contributed by atoms with Gasteiger partial charge in [-0.15, -0.1) is 0 Å². The van der Waals surface area contributed by atoms with Crippen molar-refractivity contribution >= 4 is 33.2 Å². The number of hydrogen-bond acceptors (Lipinski definition) is 3. The first-order valence-electron chi connectivity index (χ1n) is 8.94. The Hall–Kier alpha value is -1.89. The lowest BCUT2D eigenvalue weighted by molar-refractivity contribution is -0.120. The zero-order valence-electron chi connectivity index (χ0n) is 15.2. The van der Waals surface area contributed by atoms with Crippen LogP contribution in [0.3, 0.4) is 0 Å². The van der Waals surface area contributed by atoms with Gasteiger partial charge in [0.1, 0.15) is 0 Å². The molecule has 2 aromatic rings. The molecule has 1 saturated heterocycles. The highest BCUT2D eigenvalue weighted by Gasteiger charge is 2.31. The van der Waals surface area contributed by atoms with Gasteiger partial charge in [0.25, 0.3) is 0 Å². The van der Waals surface area contributed by atoms with Crippen LogP contribution in [0.4, 0.5) is 5.69 Å². The summed E-state index contributed by atoms with van der Waals surface area (Å²) in [6.45, 7) is 2.67. The monoisotopic (exact) mass is 406 g/mol. The van der Waals surface area contributed by atoms with Gasteiger partial charge in [-0.25, -0.2) is 12.7 Å². The van der Waals surface area contributed by atoms with Gasteiger partial charge in [0, 0.05) is 29.7 Å². The second-order valence-corrected chi connectivity index (χ2v) is 9.27. The number of hydrogen-bond donors (Lipinski definition) is 1. The van der Waals surface area contributed by atoms with Crippen molar-refractivity contribution in [1.82, 2.24) is 4.31 Å². The summed E-state index contributed by atoms with van der Waals surface area (Å²) in [5.74, 6) is -0.268. The summed E-state index contributed by atoms with van der Waals surface area (Å²) in [4.78, 5) is 12.5. The topological polar surface area (TPSA) is 66.5 Å². The Balaban J connectivity index is 1.57. The van der Waals surface area contributed by atoms with E-state index in [2.05, 4.69) is 5.32 Å². The van der Waals surface area contributed by atoms with Gasteiger partial charge in [0.2, 0.25) is 15.9 Å². The number of aryl methyl sites for hydroxylation is 1. The van der Waals surface area contributed by atoms with Crippen LogP contribution in [0.25, 0.3) is 0 Å². The zero-order chi connectivity index (χ0) is 19.4. The highest BCUT2D eigenvalue weighted by atomic mass is 35.5. The van der Waals surface area contributed by atoms with Crippen LogP contribution in [0.5, 0.6) is 0 Å². The fourth-order valence-corrected chi connectivity index (χ4v) is 4.92. The largest absolute Gasteiger partial charge is 0.326 e. The van der Waals surface area contributed by atoms with Crippen molar-refractivity contribution in [3.05, 3.63) is 64.7 Å². The number of sulfonamides is 1. The molecule has 0 aromatic heterocycles. The maximum absolute atomic E-state index is 12.6. The van der Waals surface area contributed by atoms with E-state index in [-0.39, 0.29) is 17.6 Å².